The highest BCUT2D eigenvalue weighted by Crippen LogP contribution is 2.33. The lowest BCUT2D eigenvalue weighted by atomic mass is 9.89. The fourth-order valence-electron chi connectivity index (χ4n) is 1.33. The molecule has 1 N–H and O–H groups in total. The Labute approximate surface area is 109 Å². The predicted octanol–water partition coefficient (Wildman–Crippen LogP) is 4.18. The van der Waals surface area contributed by atoms with E-state index < -0.39 is 11.2 Å². The maximum absolute atomic E-state index is 12.3. The summed E-state index contributed by atoms with van der Waals surface area (Å²) in [6.07, 6.45) is -2.54. The second-order valence-corrected chi connectivity index (χ2v) is 6.53. The number of nitrogens with one attached hydrogen (secondary N) is 1. The van der Waals surface area contributed by atoms with Gasteiger partial charge in [-0.2, -0.15) is 13.2 Å². The summed E-state index contributed by atoms with van der Waals surface area (Å²) < 4.78 is 37.0. The highest BCUT2D eigenvalue weighted by atomic mass is 32.1. The van der Waals surface area contributed by atoms with Crippen molar-refractivity contribution in [3.8, 4) is 0 Å². The van der Waals surface area contributed by atoms with Crippen molar-refractivity contribution in [2.24, 2.45) is 5.41 Å². The molecule has 1 unspecified atom stereocenters. The van der Waals surface area contributed by atoms with Gasteiger partial charge in [0.2, 0.25) is 10.1 Å². The van der Waals surface area contributed by atoms with Gasteiger partial charge in [-0.25, -0.2) is 0 Å². The van der Waals surface area contributed by atoms with Crippen LogP contribution in [0.1, 0.15) is 45.5 Å². The minimum absolute atomic E-state index is 0.0817. The number of alkyl halides is 3. The van der Waals surface area contributed by atoms with E-state index in [2.05, 4.69) is 36.3 Å². The van der Waals surface area contributed by atoms with Crippen LogP contribution in [0.2, 0.25) is 0 Å². The molecule has 1 atom stereocenters. The van der Waals surface area contributed by atoms with E-state index in [-0.39, 0.29) is 16.6 Å². The maximum Gasteiger partial charge on any atom is 0.445 e. The molecule has 0 radical (unpaired) electrons. The Bertz CT molecular complexity index is 382. The molecule has 3 nitrogen and oxygen atoms in total. The summed E-state index contributed by atoms with van der Waals surface area (Å²) in [4.78, 5) is 0. The molecule has 0 aliphatic carbocycles. The normalized spacial score (nSPS) is 14.6. The lowest BCUT2D eigenvalue weighted by molar-refractivity contribution is -0.138. The van der Waals surface area contributed by atoms with E-state index >= 15 is 0 Å². The fraction of sp³-hybridized carbons (Fsp3) is 0.818. The molecule has 1 rings (SSSR count). The number of rotatable bonds is 4. The first-order valence-electron chi connectivity index (χ1n) is 5.75. The van der Waals surface area contributed by atoms with Crippen LogP contribution in [0.4, 0.5) is 18.3 Å². The number of nitrogens with zero attached hydrogens (tertiary/aromatic N) is 2. The Morgan fingerprint density at radius 3 is 2.28 bits per heavy atom. The zero-order valence-electron chi connectivity index (χ0n) is 10.9. The van der Waals surface area contributed by atoms with Crippen molar-refractivity contribution in [1.82, 2.24) is 10.2 Å². The van der Waals surface area contributed by atoms with Crippen LogP contribution in [0.15, 0.2) is 0 Å². The van der Waals surface area contributed by atoms with Gasteiger partial charge in [0.05, 0.1) is 0 Å². The lowest BCUT2D eigenvalue weighted by Crippen LogP contribution is -2.18. The van der Waals surface area contributed by atoms with Gasteiger partial charge < -0.3 is 5.32 Å². The summed E-state index contributed by atoms with van der Waals surface area (Å²) in [5.41, 5.74) is 0.216. The number of aromatic nitrogens is 2. The molecule has 18 heavy (non-hydrogen) atoms. The second kappa shape index (κ2) is 5.42. The molecule has 0 spiro atoms. The van der Waals surface area contributed by atoms with Crippen LogP contribution in [-0.4, -0.2) is 16.2 Å². The minimum Gasteiger partial charge on any atom is -0.358 e. The summed E-state index contributed by atoms with van der Waals surface area (Å²) in [6.45, 7) is 8.33. The largest absolute Gasteiger partial charge is 0.445 e. The van der Waals surface area contributed by atoms with Crippen molar-refractivity contribution >= 4 is 16.5 Å². The van der Waals surface area contributed by atoms with Gasteiger partial charge >= 0.3 is 6.18 Å². The summed E-state index contributed by atoms with van der Waals surface area (Å²) in [5.74, 6) is 0. The first-order valence-corrected chi connectivity index (χ1v) is 6.57. The molecule has 0 amide bonds. The van der Waals surface area contributed by atoms with Crippen LogP contribution in [0.5, 0.6) is 0 Å². The van der Waals surface area contributed by atoms with E-state index in [1.165, 1.54) is 0 Å². The van der Waals surface area contributed by atoms with Crippen molar-refractivity contribution in [3.05, 3.63) is 5.01 Å². The van der Waals surface area contributed by atoms with Crippen LogP contribution < -0.4 is 5.32 Å². The van der Waals surface area contributed by atoms with Gasteiger partial charge in [-0.3, -0.25) is 0 Å². The van der Waals surface area contributed by atoms with Crippen molar-refractivity contribution < 1.29 is 13.2 Å². The molecule has 104 valence electrons. The molecule has 0 saturated heterocycles. The van der Waals surface area contributed by atoms with Crippen molar-refractivity contribution in [1.29, 1.82) is 0 Å². The van der Waals surface area contributed by atoms with Gasteiger partial charge in [-0.05, 0) is 25.2 Å². The van der Waals surface area contributed by atoms with Gasteiger partial charge in [0, 0.05) is 6.04 Å². The van der Waals surface area contributed by atoms with E-state index in [4.69, 9.17) is 0 Å². The molecular weight excluding hydrogens is 263 g/mol. The third-order valence-corrected chi connectivity index (χ3v) is 3.26. The molecular formula is C11H18F3N3S. The predicted molar refractivity (Wildman–Crippen MR) is 66.7 cm³/mol. The first kappa shape index (κ1) is 15.2. The average molecular weight is 281 g/mol. The maximum atomic E-state index is 12.3. The van der Waals surface area contributed by atoms with Crippen LogP contribution >= 0.6 is 11.3 Å². The zero-order valence-corrected chi connectivity index (χ0v) is 11.7. The van der Waals surface area contributed by atoms with Crippen LogP contribution in [0.25, 0.3) is 0 Å². The standard InChI is InChI=1S/C11H18F3N3S/c1-7(5-6-10(2,3)4)15-9-17-16-8(18-9)11(12,13)14/h7H,5-6H2,1-4H3,(H,15,17). The quantitative estimate of drug-likeness (QED) is 0.899. The Morgan fingerprint density at radius 2 is 1.83 bits per heavy atom. The molecule has 1 heterocycles. The van der Waals surface area contributed by atoms with Crippen LogP contribution in [0.3, 0.4) is 0 Å². The first-order chi connectivity index (χ1) is 8.08. The Hall–Kier alpha value is -0.850. The third-order valence-electron chi connectivity index (χ3n) is 2.36. The monoisotopic (exact) mass is 281 g/mol. The smallest absolute Gasteiger partial charge is 0.358 e. The number of hydrogen-bond donors (Lipinski definition) is 1. The lowest BCUT2D eigenvalue weighted by Gasteiger charge is -2.21. The second-order valence-electron chi connectivity index (χ2n) is 5.55. The average Bonchev–Trinajstić information content (AvgIpc) is 2.61. The fourth-order valence-corrected chi connectivity index (χ4v) is 2.05. The molecule has 0 saturated carbocycles. The van der Waals surface area contributed by atoms with E-state index in [0.717, 1.165) is 12.8 Å². The Kier molecular flexibility index (Phi) is 4.58. The van der Waals surface area contributed by atoms with Crippen molar-refractivity contribution in [2.45, 2.75) is 52.8 Å². The van der Waals surface area contributed by atoms with Gasteiger partial charge in [-0.15, -0.1) is 10.2 Å². The molecule has 0 aliphatic rings. The van der Waals surface area contributed by atoms with Crippen molar-refractivity contribution in [3.63, 3.8) is 0 Å². The SMILES string of the molecule is CC(CCC(C)(C)C)Nc1nnc(C(F)(F)F)s1. The summed E-state index contributed by atoms with van der Waals surface area (Å²) >= 11 is 0.543. The van der Waals surface area contributed by atoms with Crippen molar-refractivity contribution in [2.75, 3.05) is 5.32 Å². The highest BCUT2D eigenvalue weighted by Gasteiger charge is 2.35. The molecule has 0 aliphatic heterocycles. The zero-order chi connectivity index (χ0) is 14.0. The topological polar surface area (TPSA) is 37.8 Å². The molecule has 1 aromatic heterocycles. The van der Waals surface area contributed by atoms with Gasteiger partial charge in [-0.1, -0.05) is 32.1 Å². The Morgan fingerprint density at radius 1 is 1.22 bits per heavy atom. The molecule has 7 heteroatoms. The number of halogens is 3. The highest BCUT2D eigenvalue weighted by molar-refractivity contribution is 7.15. The van der Waals surface area contributed by atoms with E-state index in [1.54, 1.807) is 0 Å². The third kappa shape index (κ3) is 5.20. The molecule has 0 aromatic carbocycles. The summed E-state index contributed by atoms with van der Waals surface area (Å²) in [5, 5.41) is 8.90. The molecule has 0 bridgehead atoms. The van der Waals surface area contributed by atoms with E-state index in [1.807, 2.05) is 6.92 Å². The van der Waals surface area contributed by atoms with Gasteiger partial charge in [0.1, 0.15) is 0 Å². The Balaban J connectivity index is 2.50. The molecule has 0 fully saturated rings. The van der Waals surface area contributed by atoms with E-state index in [0.29, 0.717) is 11.3 Å². The minimum atomic E-state index is -4.41. The summed E-state index contributed by atoms with van der Waals surface area (Å²) in [7, 11) is 0. The van der Waals surface area contributed by atoms with Crippen LogP contribution in [-0.2, 0) is 6.18 Å². The van der Waals surface area contributed by atoms with Gasteiger partial charge in [0.25, 0.3) is 0 Å². The van der Waals surface area contributed by atoms with Crippen LogP contribution in [0, 0.1) is 5.41 Å². The van der Waals surface area contributed by atoms with E-state index in [9.17, 15) is 13.2 Å². The van der Waals surface area contributed by atoms with Gasteiger partial charge in [0.15, 0.2) is 0 Å². The summed E-state index contributed by atoms with van der Waals surface area (Å²) in [6, 6.07) is 0.0817. The number of anilines is 1. The molecule has 1 aromatic rings. The number of hydrogen-bond acceptors (Lipinski definition) is 4.